The van der Waals surface area contributed by atoms with Gasteiger partial charge in [0.2, 0.25) is 11.8 Å². The molecule has 3 aromatic heterocycles. The summed E-state index contributed by atoms with van der Waals surface area (Å²) in [5.74, 6) is 0.509. The van der Waals surface area contributed by atoms with E-state index >= 15 is 0 Å². The van der Waals surface area contributed by atoms with Crippen molar-refractivity contribution in [2.24, 2.45) is 5.73 Å². The van der Waals surface area contributed by atoms with Crippen LogP contribution < -0.4 is 15.3 Å². The summed E-state index contributed by atoms with van der Waals surface area (Å²) in [7, 11) is 0. The monoisotopic (exact) mass is 571 g/mol. The van der Waals surface area contributed by atoms with Crippen LogP contribution in [0.25, 0.3) is 10.9 Å². The number of nitrogens with two attached hydrogens (primary N) is 1. The lowest BCUT2D eigenvalue weighted by molar-refractivity contribution is -0.129. The lowest BCUT2D eigenvalue weighted by Gasteiger charge is -2.15. The first kappa shape index (κ1) is 27.7. The number of amides is 2. The fourth-order valence-electron chi connectivity index (χ4n) is 4.65. The van der Waals surface area contributed by atoms with Crippen LogP contribution in [-0.4, -0.2) is 55.0 Å². The number of pyridine rings is 1. The van der Waals surface area contributed by atoms with Crippen molar-refractivity contribution in [1.82, 2.24) is 30.0 Å². The van der Waals surface area contributed by atoms with Crippen LogP contribution in [0.15, 0.2) is 71.9 Å². The van der Waals surface area contributed by atoms with Gasteiger partial charge in [0.15, 0.2) is 0 Å². The second kappa shape index (κ2) is 12.6. The van der Waals surface area contributed by atoms with Gasteiger partial charge in [0.25, 0.3) is 0 Å². The lowest BCUT2D eigenvalue weighted by atomic mass is 10.1. The van der Waals surface area contributed by atoms with Gasteiger partial charge in [-0.2, -0.15) is 5.10 Å². The van der Waals surface area contributed by atoms with Crippen LogP contribution in [0.1, 0.15) is 44.7 Å². The Balaban J connectivity index is 0.000000166. The van der Waals surface area contributed by atoms with Gasteiger partial charge in [0.05, 0.1) is 18.3 Å². The number of hydrogen-bond acceptors (Lipinski definition) is 8. The van der Waals surface area contributed by atoms with Crippen LogP contribution >= 0.6 is 11.3 Å². The van der Waals surface area contributed by atoms with Crippen LogP contribution in [0, 0.1) is 6.92 Å². The number of rotatable bonds is 7. The van der Waals surface area contributed by atoms with Gasteiger partial charge in [-0.15, -0.1) is 0 Å². The Hall–Kier alpha value is -4.84. The third-order valence-corrected chi connectivity index (χ3v) is 7.61. The van der Waals surface area contributed by atoms with Gasteiger partial charge in [-0.25, -0.2) is 10.1 Å². The molecule has 1 atom stereocenters. The summed E-state index contributed by atoms with van der Waals surface area (Å²) in [5, 5.41) is 8.29. The Kier molecular flexibility index (Phi) is 8.49. The van der Waals surface area contributed by atoms with Gasteiger partial charge in [-0.1, -0.05) is 29.5 Å². The number of hydrogen-bond donors (Lipinski definition) is 3. The van der Waals surface area contributed by atoms with Crippen molar-refractivity contribution in [2.45, 2.75) is 32.3 Å². The van der Waals surface area contributed by atoms with Crippen molar-refractivity contribution in [2.75, 3.05) is 13.1 Å². The largest absolute Gasteiger partial charge is 0.489 e. The third-order valence-electron chi connectivity index (χ3n) is 6.70. The predicted octanol–water partition coefficient (Wildman–Crippen LogP) is 3.33. The summed E-state index contributed by atoms with van der Waals surface area (Å²) >= 11 is 1.13. The number of aromatic amines is 2. The summed E-state index contributed by atoms with van der Waals surface area (Å²) in [6.07, 6.45) is 4.42. The van der Waals surface area contributed by atoms with Crippen LogP contribution in [0.3, 0.4) is 0 Å². The van der Waals surface area contributed by atoms with E-state index in [2.05, 4.69) is 25.1 Å². The fourth-order valence-corrected chi connectivity index (χ4v) is 5.38. The van der Waals surface area contributed by atoms with Gasteiger partial charge < -0.3 is 20.4 Å². The standard InChI is InChI=1S/C18H16N2O2.C11H13N5O2S/c1-12-10-14(16-4-2-3-5-17(16)20-12)11-22-15-8-6-13(7-9-15)18(19)21;17-9(3-8-4-12-6-13-8)16-2-1-7(5-16)10-14-15-11(18)19-10/h2-10H,11H2,1H3,(H2,19,21);4,6-7H,1-3,5H2,(H,12,13)(H,15,18)/t;7-/m.1/s1. The lowest BCUT2D eigenvalue weighted by Crippen LogP contribution is -2.30. The minimum absolute atomic E-state index is 0.0784. The van der Waals surface area contributed by atoms with Crippen molar-refractivity contribution in [3.63, 3.8) is 0 Å². The van der Waals surface area contributed by atoms with E-state index in [-0.39, 0.29) is 16.7 Å². The van der Waals surface area contributed by atoms with Crippen molar-refractivity contribution >= 4 is 34.1 Å². The van der Waals surface area contributed by atoms with E-state index in [4.69, 9.17) is 10.5 Å². The molecule has 1 fully saturated rings. The van der Waals surface area contributed by atoms with E-state index in [0.29, 0.717) is 37.4 Å². The Morgan fingerprint density at radius 2 is 1.98 bits per heavy atom. The molecule has 6 rings (SSSR count). The first-order valence-electron chi connectivity index (χ1n) is 13.0. The molecule has 210 valence electrons. The van der Waals surface area contributed by atoms with E-state index < -0.39 is 5.91 Å². The number of para-hydroxylation sites is 1. The number of likely N-dealkylation sites (tertiary alicyclic amines) is 1. The van der Waals surface area contributed by atoms with Crippen LogP contribution in [0.5, 0.6) is 5.75 Å². The number of aromatic nitrogens is 5. The smallest absolute Gasteiger partial charge is 0.322 e. The van der Waals surface area contributed by atoms with Gasteiger partial charge >= 0.3 is 4.87 Å². The summed E-state index contributed by atoms with van der Waals surface area (Å²) < 4.78 is 5.81. The summed E-state index contributed by atoms with van der Waals surface area (Å²) in [6.45, 7) is 3.76. The number of carbonyl (C=O) groups excluding carboxylic acids is 2. The van der Waals surface area contributed by atoms with Crippen molar-refractivity contribution in [1.29, 1.82) is 0 Å². The maximum atomic E-state index is 12.1. The van der Waals surface area contributed by atoms with E-state index in [9.17, 15) is 14.4 Å². The summed E-state index contributed by atoms with van der Waals surface area (Å²) in [4.78, 5) is 47.2. The molecule has 2 aromatic carbocycles. The number of benzene rings is 2. The van der Waals surface area contributed by atoms with E-state index in [1.54, 1.807) is 36.8 Å². The number of fused-ring (bicyclic) bond motifs is 1. The zero-order chi connectivity index (χ0) is 28.8. The molecule has 1 aliphatic heterocycles. The SMILES string of the molecule is Cc1cc(COc2ccc(C(N)=O)cc2)c2ccccc2n1.O=C(Cc1cnc[nH]1)N1CC[C@@H](c2n[nH]c(=O)s2)C1. The molecule has 0 unspecified atom stereocenters. The fraction of sp³-hybridized carbons (Fsp3) is 0.241. The highest BCUT2D eigenvalue weighted by molar-refractivity contribution is 7.08. The minimum atomic E-state index is -0.442. The summed E-state index contributed by atoms with van der Waals surface area (Å²) in [5.41, 5.74) is 9.52. The average Bonchev–Trinajstić information content (AvgIpc) is 3.75. The highest BCUT2D eigenvalue weighted by Gasteiger charge is 2.29. The molecule has 1 aliphatic rings. The molecule has 0 spiro atoms. The topological polar surface area (TPSA) is 160 Å². The van der Waals surface area contributed by atoms with E-state index in [1.807, 2.05) is 42.2 Å². The number of nitrogens with one attached hydrogen (secondary N) is 2. The number of primary amides is 1. The number of carbonyl (C=O) groups is 2. The van der Waals surface area contributed by atoms with Crippen molar-refractivity contribution < 1.29 is 14.3 Å². The number of nitrogens with zero attached hydrogens (tertiary/aromatic N) is 4. The molecule has 12 heteroatoms. The molecule has 0 saturated carbocycles. The molecular weight excluding hydrogens is 542 g/mol. The molecule has 0 aliphatic carbocycles. The average molecular weight is 572 g/mol. The zero-order valence-corrected chi connectivity index (χ0v) is 23.2. The van der Waals surface area contributed by atoms with Gasteiger partial charge in [-0.05, 0) is 49.7 Å². The Labute approximate surface area is 239 Å². The molecular formula is C29H29N7O4S. The molecule has 0 radical (unpaired) electrons. The van der Waals surface area contributed by atoms with Gasteiger partial charge in [-0.3, -0.25) is 19.4 Å². The maximum absolute atomic E-state index is 12.1. The van der Waals surface area contributed by atoms with Crippen LogP contribution in [-0.2, 0) is 17.8 Å². The van der Waals surface area contributed by atoms with Crippen molar-refractivity contribution in [3.05, 3.63) is 104 Å². The van der Waals surface area contributed by atoms with Gasteiger partial charge in [0.1, 0.15) is 17.4 Å². The molecule has 1 saturated heterocycles. The molecule has 2 amide bonds. The predicted molar refractivity (Wildman–Crippen MR) is 155 cm³/mol. The molecule has 11 nitrogen and oxygen atoms in total. The van der Waals surface area contributed by atoms with E-state index in [0.717, 1.165) is 50.6 Å². The second-order valence-electron chi connectivity index (χ2n) is 9.65. The maximum Gasteiger partial charge on any atom is 0.322 e. The van der Waals surface area contributed by atoms with Gasteiger partial charge in [0, 0.05) is 53.1 Å². The number of H-pyrrole nitrogens is 2. The number of ether oxygens (including phenoxy) is 1. The van der Waals surface area contributed by atoms with Crippen LogP contribution in [0.4, 0.5) is 0 Å². The first-order chi connectivity index (χ1) is 19.9. The normalized spacial score (nSPS) is 14.5. The highest BCUT2D eigenvalue weighted by atomic mass is 32.1. The van der Waals surface area contributed by atoms with Crippen LogP contribution in [0.2, 0.25) is 0 Å². The molecule has 41 heavy (non-hydrogen) atoms. The number of aryl methyl sites for hydroxylation is 1. The Morgan fingerprint density at radius 1 is 1.17 bits per heavy atom. The highest BCUT2D eigenvalue weighted by Crippen LogP contribution is 2.27. The quantitative estimate of drug-likeness (QED) is 0.270. The zero-order valence-electron chi connectivity index (χ0n) is 22.4. The third kappa shape index (κ3) is 7.03. The Morgan fingerprint density at radius 3 is 2.68 bits per heavy atom. The van der Waals surface area contributed by atoms with E-state index in [1.165, 1.54) is 0 Å². The van der Waals surface area contributed by atoms with Crippen molar-refractivity contribution in [3.8, 4) is 5.75 Å². The molecule has 5 aromatic rings. The number of imidazole rings is 1. The Bertz CT molecular complexity index is 1700. The molecule has 4 N–H and O–H groups in total. The minimum Gasteiger partial charge on any atom is -0.489 e. The molecule has 4 heterocycles. The second-order valence-corrected chi connectivity index (χ2v) is 10.6. The molecule has 0 bridgehead atoms. The first-order valence-corrected chi connectivity index (χ1v) is 13.9. The summed E-state index contributed by atoms with van der Waals surface area (Å²) in [6, 6.07) is 16.8.